The lowest BCUT2D eigenvalue weighted by Crippen LogP contribution is -2.57. The minimum atomic E-state index is -1.35. The molecule has 9 rings (SSSR count). The van der Waals surface area contributed by atoms with Crippen LogP contribution in [0, 0.1) is 11.8 Å². The topological polar surface area (TPSA) is 75.7 Å². The summed E-state index contributed by atoms with van der Waals surface area (Å²) in [7, 11) is 0. The van der Waals surface area contributed by atoms with Crippen molar-refractivity contribution in [3.8, 4) is 11.5 Å². The number of alkyl halides is 2. The number of amides is 3. The van der Waals surface area contributed by atoms with Crippen molar-refractivity contribution in [1.29, 1.82) is 0 Å². The van der Waals surface area contributed by atoms with Gasteiger partial charge in [-0.1, -0.05) is 102 Å². The Balaban J connectivity index is 1.15. The Bertz CT molecular complexity index is 2040. The molecule has 49 heavy (non-hydrogen) atoms. The second kappa shape index (κ2) is 11.9. The summed E-state index contributed by atoms with van der Waals surface area (Å²) in [5.41, 5.74) is 4.00. The van der Waals surface area contributed by atoms with E-state index in [2.05, 4.69) is 5.32 Å². The van der Waals surface area contributed by atoms with Crippen LogP contribution < -0.4 is 10.1 Å². The molecule has 1 heterocycles. The van der Waals surface area contributed by atoms with Gasteiger partial charge in [0.15, 0.2) is 0 Å². The standard InChI is InChI=1S/C39H26Cl4N2O4/c40-23-14-19-32(30(41)21-23)49-25-17-15-24(16-18-25)44-35(46)31(20-22-8-2-1-3-9-22)45-36(47)33-34(37(45)48)39(43)27-11-5-4-10-26(27)38(33,42)28-12-6-7-13-29(28)39/h1-19,21,31,33-34H,20H2,(H,44,46)/t31-,33-,34-,38?,39?/m0/s1. The summed E-state index contributed by atoms with van der Waals surface area (Å²) in [5, 5.41) is 3.75. The van der Waals surface area contributed by atoms with Crippen molar-refractivity contribution in [1.82, 2.24) is 4.90 Å². The molecule has 4 aliphatic rings. The van der Waals surface area contributed by atoms with E-state index in [0.29, 0.717) is 49.5 Å². The van der Waals surface area contributed by atoms with Crippen molar-refractivity contribution in [3.63, 3.8) is 0 Å². The highest BCUT2D eigenvalue weighted by Gasteiger charge is 2.73. The van der Waals surface area contributed by atoms with Gasteiger partial charge in [0, 0.05) is 17.1 Å². The summed E-state index contributed by atoms with van der Waals surface area (Å²) < 4.78 is 5.89. The molecule has 3 atom stereocenters. The Morgan fingerprint density at radius 1 is 0.714 bits per heavy atom. The predicted molar refractivity (Wildman–Crippen MR) is 191 cm³/mol. The van der Waals surface area contributed by atoms with Crippen LogP contribution in [0.3, 0.4) is 0 Å². The largest absolute Gasteiger partial charge is 0.456 e. The van der Waals surface area contributed by atoms with Gasteiger partial charge in [0.25, 0.3) is 0 Å². The van der Waals surface area contributed by atoms with E-state index >= 15 is 0 Å². The molecule has 0 saturated carbocycles. The van der Waals surface area contributed by atoms with Crippen LogP contribution in [0.5, 0.6) is 11.5 Å². The smallest absolute Gasteiger partial charge is 0.248 e. The molecule has 5 aromatic carbocycles. The lowest BCUT2D eigenvalue weighted by molar-refractivity contribution is -0.146. The molecule has 1 N–H and O–H groups in total. The third kappa shape index (κ3) is 4.88. The number of hydrogen-bond acceptors (Lipinski definition) is 4. The molecular weight excluding hydrogens is 702 g/mol. The zero-order valence-corrected chi connectivity index (χ0v) is 28.6. The second-order valence-corrected chi connectivity index (χ2v) is 14.4. The van der Waals surface area contributed by atoms with Crippen molar-refractivity contribution in [2.24, 2.45) is 11.8 Å². The Labute approximate surface area is 302 Å². The molecule has 0 aromatic heterocycles. The third-order valence-corrected chi connectivity index (χ3v) is 11.6. The van der Waals surface area contributed by atoms with E-state index in [1.54, 1.807) is 42.5 Å². The quantitative estimate of drug-likeness (QED) is 0.134. The van der Waals surface area contributed by atoms with Crippen molar-refractivity contribution in [2.45, 2.75) is 22.2 Å². The van der Waals surface area contributed by atoms with Crippen LogP contribution in [0.25, 0.3) is 0 Å². The van der Waals surface area contributed by atoms with Gasteiger partial charge in [0.05, 0.1) is 16.9 Å². The van der Waals surface area contributed by atoms with Crippen LogP contribution in [0.4, 0.5) is 5.69 Å². The van der Waals surface area contributed by atoms with Gasteiger partial charge in [-0.3, -0.25) is 19.3 Å². The van der Waals surface area contributed by atoms with Gasteiger partial charge in [-0.05, 0) is 70.3 Å². The minimum absolute atomic E-state index is 0.0876. The van der Waals surface area contributed by atoms with Crippen LogP contribution >= 0.6 is 46.4 Å². The summed E-state index contributed by atoms with van der Waals surface area (Å²) >= 11 is 27.5. The summed E-state index contributed by atoms with van der Waals surface area (Å²) in [6.07, 6.45) is 0.0876. The maximum absolute atomic E-state index is 14.7. The first-order valence-electron chi connectivity index (χ1n) is 15.6. The van der Waals surface area contributed by atoms with Crippen molar-refractivity contribution in [3.05, 3.63) is 159 Å². The number of carbonyl (C=O) groups is 3. The van der Waals surface area contributed by atoms with Crippen LogP contribution in [0.15, 0.2) is 121 Å². The van der Waals surface area contributed by atoms with E-state index in [-0.39, 0.29) is 6.42 Å². The first kappa shape index (κ1) is 31.9. The summed E-state index contributed by atoms with van der Waals surface area (Å²) in [4.78, 5) is 42.1. The fourth-order valence-corrected chi connectivity index (χ4v) is 9.20. The molecule has 10 heteroatoms. The molecule has 1 fully saturated rings. The first-order chi connectivity index (χ1) is 23.6. The SMILES string of the molecule is O=C(Nc1ccc(Oc2ccc(Cl)cc2Cl)cc1)[C@H](Cc1ccccc1)N1C(=O)[C@@H]2[C@@H](C1=O)C1(Cl)c3ccccc3C2(Cl)c2ccccc21. The molecule has 6 nitrogen and oxygen atoms in total. The van der Waals surface area contributed by atoms with Crippen molar-refractivity contribution in [2.75, 3.05) is 5.32 Å². The average Bonchev–Trinajstić information content (AvgIpc) is 3.39. The minimum Gasteiger partial charge on any atom is -0.456 e. The average molecular weight is 728 g/mol. The highest BCUT2D eigenvalue weighted by atomic mass is 35.5. The molecule has 3 amide bonds. The maximum Gasteiger partial charge on any atom is 0.248 e. The molecule has 244 valence electrons. The predicted octanol–water partition coefficient (Wildman–Crippen LogP) is 8.93. The van der Waals surface area contributed by atoms with E-state index in [9.17, 15) is 14.4 Å². The normalized spacial score (nSPS) is 23.8. The van der Waals surface area contributed by atoms with E-state index in [1.807, 2.05) is 78.9 Å². The summed E-state index contributed by atoms with van der Waals surface area (Å²) in [5.74, 6) is -2.74. The number of carbonyl (C=O) groups excluding carboxylic acids is 3. The first-order valence-corrected chi connectivity index (χ1v) is 17.2. The van der Waals surface area contributed by atoms with Gasteiger partial charge in [0.1, 0.15) is 27.3 Å². The molecule has 0 radical (unpaired) electrons. The van der Waals surface area contributed by atoms with Gasteiger partial charge in [-0.2, -0.15) is 0 Å². The van der Waals surface area contributed by atoms with Crippen LogP contribution in [-0.2, 0) is 30.6 Å². The molecule has 3 aliphatic carbocycles. The van der Waals surface area contributed by atoms with Gasteiger partial charge in [-0.25, -0.2) is 0 Å². The number of rotatable bonds is 7. The van der Waals surface area contributed by atoms with Crippen LogP contribution in [0.2, 0.25) is 10.0 Å². The number of likely N-dealkylation sites (tertiary alicyclic amines) is 1. The molecule has 0 spiro atoms. The van der Waals surface area contributed by atoms with E-state index in [4.69, 9.17) is 51.1 Å². The fraction of sp³-hybridized carbons (Fsp3) is 0.154. The lowest BCUT2D eigenvalue weighted by Gasteiger charge is -2.54. The van der Waals surface area contributed by atoms with E-state index < -0.39 is 45.3 Å². The van der Waals surface area contributed by atoms with Crippen molar-refractivity contribution < 1.29 is 19.1 Å². The summed E-state index contributed by atoms with van der Waals surface area (Å²) in [6.45, 7) is 0. The zero-order valence-electron chi connectivity index (χ0n) is 25.6. The Morgan fingerprint density at radius 3 is 1.73 bits per heavy atom. The fourth-order valence-electron chi connectivity index (χ4n) is 7.65. The van der Waals surface area contributed by atoms with Crippen LogP contribution in [-0.4, -0.2) is 28.7 Å². The molecular formula is C39H26Cl4N2O4. The highest BCUT2D eigenvalue weighted by Crippen LogP contribution is 2.69. The number of benzene rings is 5. The number of imide groups is 1. The highest BCUT2D eigenvalue weighted by molar-refractivity contribution is 6.36. The molecule has 5 aromatic rings. The van der Waals surface area contributed by atoms with E-state index in [0.717, 1.165) is 10.5 Å². The van der Waals surface area contributed by atoms with Gasteiger partial charge < -0.3 is 10.1 Å². The number of ether oxygens (including phenoxy) is 1. The molecule has 1 saturated heterocycles. The van der Waals surface area contributed by atoms with Gasteiger partial charge in [-0.15, -0.1) is 23.2 Å². The van der Waals surface area contributed by atoms with Crippen molar-refractivity contribution >= 4 is 69.8 Å². The number of nitrogens with one attached hydrogen (secondary N) is 1. The lowest BCUT2D eigenvalue weighted by atomic mass is 9.54. The molecule has 0 unspecified atom stereocenters. The van der Waals surface area contributed by atoms with Gasteiger partial charge in [0.2, 0.25) is 17.7 Å². The maximum atomic E-state index is 14.7. The molecule has 1 aliphatic heterocycles. The van der Waals surface area contributed by atoms with E-state index in [1.165, 1.54) is 0 Å². The van der Waals surface area contributed by atoms with Crippen LogP contribution in [0.1, 0.15) is 27.8 Å². The Kier molecular flexibility index (Phi) is 7.76. The third-order valence-electron chi connectivity index (χ3n) is 9.75. The second-order valence-electron chi connectivity index (χ2n) is 12.4. The number of hydrogen-bond donors (Lipinski definition) is 1. The Morgan fingerprint density at radius 2 is 1.22 bits per heavy atom. The zero-order chi connectivity index (χ0) is 34.1. The number of anilines is 1. The monoisotopic (exact) mass is 726 g/mol. The number of halogens is 4. The number of nitrogens with zero attached hydrogens (tertiary/aromatic N) is 1. The molecule has 2 bridgehead atoms. The summed E-state index contributed by atoms with van der Waals surface area (Å²) in [6, 6.07) is 34.6. The Hall–Kier alpha value is -4.33. The van der Waals surface area contributed by atoms with Gasteiger partial charge >= 0.3 is 0 Å².